The number of rotatable bonds is 5. The lowest BCUT2D eigenvalue weighted by atomic mass is 10.1. The number of anilines is 1. The number of nitrogens with zero attached hydrogens (tertiary/aromatic N) is 3. The minimum absolute atomic E-state index is 0.129. The van der Waals surface area contributed by atoms with Gasteiger partial charge < -0.3 is 15.8 Å². The molecule has 5 heteroatoms. The molecule has 1 aliphatic carbocycles. The molecule has 0 radical (unpaired) electrons. The fraction of sp³-hybridized carbons (Fsp3) is 0.538. The lowest BCUT2D eigenvalue weighted by molar-refractivity contribution is 0.318. The molecule has 0 spiro atoms. The minimum Gasteiger partial charge on any atom is -0.409 e. The highest BCUT2D eigenvalue weighted by molar-refractivity contribution is 6.02. The standard InChI is InChI=1S/C13H20N4O/c1-3-17(8-10-4-5-10)13-11(12(14)16-18)9(2)6-7-15-13/h6-7,10,18H,3-5,8H2,1-2H3,(H2,14,16). The van der Waals surface area contributed by atoms with Crippen LogP contribution in [0.25, 0.3) is 0 Å². The third kappa shape index (κ3) is 2.55. The molecule has 3 N–H and O–H groups in total. The first-order valence-electron chi connectivity index (χ1n) is 6.35. The zero-order chi connectivity index (χ0) is 13.1. The minimum atomic E-state index is 0.129. The summed E-state index contributed by atoms with van der Waals surface area (Å²) in [5, 5.41) is 12.0. The van der Waals surface area contributed by atoms with Crippen LogP contribution < -0.4 is 10.6 Å². The van der Waals surface area contributed by atoms with Crippen LogP contribution in [0.2, 0.25) is 0 Å². The molecule has 0 saturated heterocycles. The number of hydrogen-bond donors (Lipinski definition) is 2. The summed E-state index contributed by atoms with van der Waals surface area (Å²) in [5.74, 6) is 1.72. The number of oxime groups is 1. The quantitative estimate of drug-likeness (QED) is 0.360. The number of hydrogen-bond acceptors (Lipinski definition) is 4. The van der Waals surface area contributed by atoms with E-state index in [4.69, 9.17) is 10.9 Å². The van der Waals surface area contributed by atoms with Gasteiger partial charge in [-0.1, -0.05) is 5.16 Å². The van der Waals surface area contributed by atoms with Crippen LogP contribution in [0.15, 0.2) is 17.4 Å². The Morgan fingerprint density at radius 1 is 1.61 bits per heavy atom. The van der Waals surface area contributed by atoms with Gasteiger partial charge in [-0.2, -0.15) is 0 Å². The molecule has 18 heavy (non-hydrogen) atoms. The maximum atomic E-state index is 8.90. The fourth-order valence-electron chi connectivity index (χ4n) is 2.13. The van der Waals surface area contributed by atoms with Crippen molar-refractivity contribution in [1.29, 1.82) is 0 Å². The zero-order valence-electron chi connectivity index (χ0n) is 10.9. The molecule has 1 aliphatic rings. The summed E-state index contributed by atoms with van der Waals surface area (Å²) in [6.07, 6.45) is 4.36. The Morgan fingerprint density at radius 2 is 2.33 bits per heavy atom. The molecule has 1 heterocycles. The third-order valence-corrected chi connectivity index (χ3v) is 3.36. The van der Waals surface area contributed by atoms with E-state index in [-0.39, 0.29) is 5.84 Å². The highest BCUT2D eigenvalue weighted by Crippen LogP contribution is 2.32. The van der Waals surface area contributed by atoms with Crippen LogP contribution in [0.4, 0.5) is 5.82 Å². The molecular formula is C13H20N4O. The van der Waals surface area contributed by atoms with E-state index in [9.17, 15) is 0 Å². The normalized spacial score (nSPS) is 15.8. The molecule has 2 rings (SSSR count). The van der Waals surface area contributed by atoms with Gasteiger partial charge in [-0.3, -0.25) is 0 Å². The summed E-state index contributed by atoms with van der Waals surface area (Å²) in [4.78, 5) is 6.62. The molecule has 0 amide bonds. The second-order valence-electron chi connectivity index (χ2n) is 4.79. The fourth-order valence-corrected chi connectivity index (χ4v) is 2.13. The van der Waals surface area contributed by atoms with Crippen molar-refractivity contribution in [3.05, 3.63) is 23.4 Å². The second-order valence-corrected chi connectivity index (χ2v) is 4.79. The summed E-state index contributed by atoms with van der Waals surface area (Å²) < 4.78 is 0. The molecule has 1 aromatic rings. The van der Waals surface area contributed by atoms with E-state index in [1.807, 2.05) is 13.0 Å². The van der Waals surface area contributed by atoms with Crippen LogP contribution in [0.5, 0.6) is 0 Å². The van der Waals surface area contributed by atoms with Gasteiger partial charge in [-0.05, 0) is 44.2 Å². The van der Waals surface area contributed by atoms with Crippen molar-refractivity contribution in [3.63, 3.8) is 0 Å². The molecule has 5 nitrogen and oxygen atoms in total. The van der Waals surface area contributed by atoms with Crippen LogP contribution in [-0.4, -0.2) is 29.1 Å². The van der Waals surface area contributed by atoms with E-state index in [1.54, 1.807) is 6.20 Å². The molecule has 1 saturated carbocycles. The van der Waals surface area contributed by atoms with E-state index < -0.39 is 0 Å². The van der Waals surface area contributed by atoms with Gasteiger partial charge in [0.2, 0.25) is 0 Å². The molecule has 98 valence electrons. The Morgan fingerprint density at radius 3 is 2.89 bits per heavy atom. The Hall–Kier alpha value is -1.78. The van der Waals surface area contributed by atoms with Gasteiger partial charge in [0.05, 0.1) is 5.56 Å². The Bertz CT molecular complexity index is 454. The SMILES string of the molecule is CCN(CC1CC1)c1nccc(C)c1/C(N)=N/O. The number of nitrogens with two attached hydrogens (primary N) is 1. The lowest BCUT2D eigenvalue weighted by Gasteiger charge is -2.24. The van der Waals surface area contributed by atoms with E-state index >= 15 is 0 Å². The van der Waals surface area contributed by atoms with Crippen molar-refractivity contribution in [2.75, 3.05) is 18.0 Å². The summed E-state index contributed by atoms with van der Waals surface area (Å²) in [6.45, 7) is 5.92. The van der Waals surface area contributed by atoms with Crippen molar-refractivity contribution in [2.24, 2.45) is 16.8 Å². The van der Waals surface area contributed by atoms with Crippen LogP contribution >= 0.6 is 0 Å². The number of amidine groups is 1. The van der Waals surface area contributed by atoms with Gasteiger partial charge >= 0.3 is 0 Å². The van der Waals surface area contributed by atoms with Crippen LogP contribution in [0.3, 0.4) is 0 Å². The van der Waals surface area contributed by atoms with Crippen LogP contribution in [0, 0.1) is 12.8 Å². The van der Waals surface area contributed by atoms with E-state index in [0.29, 0.717) is 0 Å². The molecule has 0 unspecified atom stereocenters. The van der Waals surface area contributed by atoms with Crippen molar-refractivity contribution >= 4 is 11.7 Å². The largest absolute Gasteiger partial charge is 0.409 e. The zero-order valence-corrected chi connectivity index (χ0v) is 10.9. The molecule has 0 aliphatic heterocycles. The molecule has 1 fully saturated rings. The first-order chi connectivity index (χ1) is 8.67. The summed E-state index contributed by atoms with van der Waals surface area (Å²) >= 11 is 0. The van der Waals surface area contributed by atoms with Gasteiger partial charge in [0, 0.05) is 19.3 Å². The first kappa shape index (κ1) is 12.7. The highest BCUT2D eigenvalue weighted by atomic mass is 16.4. The summed E-state index contributed by atoms with van der Waals surface area (Å²) in [5.41, 5.74) is 7.48. The van der Waals surface area contributed by atoms with Crippen molar-refractivity contribution in [2.45, 2.75) is 26.7 Å². The van der Waals surface area contributed by atoms with Gasteiger partial charge in [-0.25, -0.2) is 4.98 Å². The lowest BCUT2D eigenvalue weighted by Crippen LogP contribution is -2.30. The number of aromatic nitrogens is 1. The first-order valence-corrected chi connectivity index (χ1v) is 6.35. The predicted molar refractivity (Wildman–Crippen MR) is 72.1 cm³/mol. The Labute approximate surface area is 107 Å². The highest BCUT2D eigenvalue weighted by Gasteiger charge is 2.26. The van der Waals surface area contributed by atoms with Gasteiger partial charge in [0.1, 0.15) is 5.82 Å². The molecule has 0 aromatic carbocycles. The van der Waals surface area contributed by atoms with Crippen molar-refractivity contribution in [3.8, 4) is 0 Å². The maximum absolute atomic E-state index is 8.90. The molecule has 0 atom stereocenters. The molecule has 0 bridgehead atoms. The van der Waals surface area contributed by atoms with E-state index in [2.05, 4.69) is 22.0 Å². The topological polar surface area (TPSA) is 74.7 Å². The maximum Gasteiger partial charge on any atom is 0.174 e. The van der Waals surface area contributed by atoms with Crippen LogP contribution in [-0.2, 0) is 0 Å². The second kappa shape index (κ2) is 5.25. The van der Waals surface area contributed by atoms with Gasteiger partial charge in [-0.15, -0.1) is 0 Å². The molecule has 1 aromatic heterocycles. The van der Waals surface area contributed by atoms with Crippen LogP contribution in [0.1, 0.15) is 30.9 Å². The monoisotopic (exact) mass is 248 g/mol. The Balaban J connectivity index is 2.37. The van der Waals surface area contributed by atoms with E-state index in [1.165, 1.54) is 12.8 Å². The smallest absolute Gasteiger partial charge is 0.174 e. The Kier molecular flexibility index (Phi) is 3.69. The third-order valence-electron chi connectivity index (χ3n) is 3.36. The summed E-state index contributed by atoms with van der Waals surface area (Å²) in [6, 6.07) is 1.88. The van der Waals surface area contributed by atoms with Gasteiger partial charge in [0.25, 0.3) is 0 Å². The predicted octanol–water partition coefficient (Wildman–Crippen LogP) is 1.72. The van der Waals surface area contributed by atoms with Crippen molar-refractivity contribution < 1.29 is 5.21 Å². The van der Waals surface area contributed by atoms with Crippen molar-refractivity contribution in [1.82, 2.24) is 4.98 Å². The summed E-state index contributed by atoms with van der Waals surface area (Å²) in [7, 11) is 0. The number of pyridine rings is 1. The molecular weight excluding hydrogens is 228 g/mol. The average Bonchev–Trinajstić information content (AvgIpc) is 3.18. The van der Waals surface area contributed by atoms with Gasteiger partial charge in [0.15, 0.2) is 5.84 Å². The average molecular weight is 248 g/mol. The number of aryl methyl sites for hydroxylation is 1. The van der Waals surface area contributed by atoms with E-state index in [0.717, 1.165) is 36.0 Å².